The zero-order valence-electron chi connectivity index (χ0n) is 16.8. The van der Waals surface area contributed by atoms with Crippen LogP contribution in [0.5, 0.6) is 5.75 Å². The molecule has 0 saturated heterocycles. The number of hydrogen-bond acceptors (Lipinski definition) is 4. The van der Waals surface area contributed by atoms with E-state index in [0.717, 1.165) is 42.0 Å². The van der Waals surface area contributed by atoms with E-state index in [1.54, 1.807) is 7.11 Å². The number of rotatable bonds is 9. The highest BCUT2D eigenvalue weighted by Crippen LogP contribution is 2.38. The van der Waals surface area contributed by atoms with Gasteiger partial charge in [0.25, 0.3) is 0 Å². The molecule has 1 aliphatic carbocycles. The van der Waals surface area contributed by atoms with Crippen LogP contribution in [-0.4, -0.2) is 39.3 Å². The van der Waals surface area contributed by atoms with E-state index in [0.29, 0.717) is 6.61 Å². The van der Waals surface area contributed by atoms with E-state index in [9.17, 15) is 0 Å². The van der Waals surface area contributed by atoms with Crippen molar-refractivity contribution < 1.29 is 9.57 Å². The van der Waals surface area contributed by atoms with Crippen LogP contribution in [0.1, 0.15) is 32.3 Å². The highest BCUT2D eigenvalue weighted by Gasteiger charge is 2.24. The molecule has 4 heteroatoms. The molecule has 1 aromatic carbocycles. The third-order valence-electron chi connectivity index (χ3n) is 4.39. The minimum Gasteiger partial charge on any atom is -0.497 e. The fourth-order valence-corrected chi connectivity index (χ4v) is 3.06. The second-order valence-corrected chi connectivity index (χ2v) is 7.75. The molecule has 1 aromatic rings. The predicted octanol–water partition coefficient (Wildman–Crippen LogP) is 4.42. The lowest BCUT2D eigenvalue weighted by Crippen LogP contribution is -2.23. The number of nitrogens with zero attached hydrogens (tertiary/aromatic N) is 1. The minimum absolute atomic E-state index is 0.0504. The molecule has 0 atom stereocenters. The summed E-state index contributed by atoms with van der Waals surface area (Å²) in [6.07, 6.45) is 6.31. The van der Waals surface area contributed by atoms with E-state index in [4.69, 9.17) is 9.57 Å². The third kappa shape index (κ3) is 6.04. The van der Waals surface area contributed by atoms with E-state index in [2.05, 4.69) is 69.2 Å². The number of hydroxylamine groups is 1. The average molecular weight is 357 g/mol. The summed E-state index contributed by atoms with van der Waals surface area (Å²) in [6, 6.07) is 8.05. The topological polar surface area (TPSA) is 33.7 Å². The van der Waals surface area contributed by atoms with Crippen molar-refractivity contribution in [2.75, 3.05) is 34.4 Å². The van der Waals surface area contributed by atoms with Crippen molar-refractivity contribution in [1.82, 2.24) is 10.4 Å². The van der Waals surface area contributed by atoms with Gasteiger partial charge in [0.2, 0.25) is 0 Å². The molecule has 0 amide bonds. The summed E-state index contributed by atoms with van der Waals surface area (Å²) in [5.41, 5.74) is 7.54. The van der Waals surface area contributed by atoms with Crippen LogP contribution in [0.2, 0.25) is 0 Å². The van der Waals surface area contributed by atoms with Crippen molar-refractivity contribution in [3.8, 4) is 5.75 Å². The van der Waals surface area contributed by atoms with Gasteiger partial charge in [-0.25, -0.2) is 0 Å². The van der Waals surface area contributed by atoms with Gasteiger partial charge < -0.3 is 9.64 Å². The number of benzene rings is 1. The van der Waals surface area contributed by atoms with Gasteiger partial charge in [-0.15, -0.1) is 0 Å². The van der Waals surface area contributed by atoms with Crippen molar-refractivity contribution in [2.45, 2.75) is 26.7 Å². The monoisotopic (exact) mass is 356 g/mol. The molecule has 1 aliphatic rings. The summed E-state index contributed by atoms with van der Waals surface area (Å²) in [5.74, 6) is 0.855. The summed E-state index contributed by atoms with van der Waals surface area (Å²) in [6.45, 7) is 10.5. The maximum absolute atomic E-state index is 5.65. The SMILES string of the molecule is C=C(C1=CC(NOCCCN(C)C)=CC(C)(C)C1)c1ccc(OC)cc1. The highest BCUT2D eigenvalue weighted by molar-refractivity contribution is 5.78. The van der Waals surface area contributed by atoms with Crippen LogP contribution in [0.25, 0.3) is 5.57 Å². The molecule has 0 saturated carbocycles. The second-order valence-electron chi connectivity index (χ2n) is 7.75. The predicted molar refractivity (Wildman–Crippen MR) is 109 cm³/mol. The van der Waals surface area contributed by atoms with Gasteiger partial charge in [0.1, 0.15) is 5.75 Å². The molecule has 0 unspecified atom stereocenters. The fraction of sp³-hybridized carbons (Fsp3) is 0.455. The normalized spacial score (nSPS) is 16.1. The first-order valence-electron chi connectivity index (χ1n) is 9.10. The van der Waals surface area contributed by atoms with E-state index in [1.807, 2.05) is 12.1 Å². The Morgan fingerprint density at radius 3 is 2.54 bits per heavy atom. The molecular formula is C22H32N2O2. The fourth-order valence-electron chi connectivity index (χ4n) is 3.06. The van der Waals surface area contributed by atoms with Crippen molar-refractivity contribution >= 4 is 5.57 Å². The van der Waals surface area contributed by atoms with Crippen LogP contribution in [-0.2, 0) is 4.84 Å². The molecule has 0 bridgehead atoms. The number of allylic oxidation sites excluding steroid dienone is 4. The van der Waals surface area contributed by atoms with Gasteiger partial charge in [0.15, 0.2) is 0 Å². The zero-order chi connectivity index (χ0) is 19.2. The van der Waals surface area contributed by atoms with Gasteiger partial charge in [-0.05, 0) is 73.8 Å². The lowest BCUT2D eigenvalue weighted by Gasteiger charge is -2.29. The van der Waals surface area contributed by atoms with Crippen LogP contribution in [0, 0.1) is 5.41 Å². The Balaban J connectivity index is 2.03. The van der Waals surface area contributed by atoms with E-state index < -0.39 is 0 Å². The van der Waals surface area contributed by atoms with Gasteiger partial charge in [0.05, 0.1) is 19.4 Å². The summed E-state index contributed by atoms with van der Waals surface area (Å²) in [5, 5.41) is 0. The molecule has 26 heavy (non-hydrogen) atoms. The Bertz CT molecular complexity index is 670. The summed E-state index contributed by atoms with van der Waals surface area (Å²) in [4.78, 5) is 7.80. The minimum atomic E-state index is 0.0504. The smallest absolute Gasteiger partial charge is 0.118 e. The molecule has 4 nitrogen and oxygen atoms in total. The quantitative estimate of drug-likeness (QED) is 0.524. The number of methoxy groups -OCH3 is 1. The van der Waals surface area contributed by atoms with Crippen molar-refractivity contribution in [3.05, 3.63) is 59.8 Å². The van der Waals surface area contributed by atoms with Crippen LogP contribution in [0.3, 0.4) is 0 Å². The maximum atomic E-state index is 5.65. The van der Waals surface area contributed by atoms with Gasteiger partial charge in [0, 0.05) is 0 Å². The Morgan fingerprint density at radius 1 is 1.23 bits per heavy atom. The molecule has 2 rings (SSSR count). The lowest BCUT2D eigenvalue weighted by molar-refractivity contribution is 0.0588. The first kappa shape index (κ1) is 20.3. The van der Waals surface area contributed by atoms with Gasteiger partial charge in [-0.2, -0.15) is 0 Å². The summed E-state index contributed by atoms with van der Waals surface area (Å²) in [7, 11) is 5.82. The molecular weight excluding hydrogens is 324 g/mol. The highest BCUT2D eigenvalue weighted by atomic mass is 16.6. The van der Waals surface area contributed by atoms with Crippen molar-refractivity contribution in [3.63, 3.8) is 0 Å². The van der Waals surface area contributed by atoms with E-state index >= 15 is 0 Å². The Labute approximate surface area is 158 Å². The van der Waals surface area contributed by atoms with Crippen molar-refractivity contribution in [1.29, 1.82) is 0 Å². The second kappa shape index (κ2) is 9.06. The number of nitrogens with one attached hydrogen (secondary N) is 1. The number of ether oxygens (including phenoxy) is 1. The first-order valence-corrected chi connectivity index (χ1v) is 9.10. The largest absolute Gasteiger partial charge is 0.497 e. The standard InChI is InChI=1S/C22H32N2O2/c1-17(18-8-10-21(25-6)11-9-18)19-14-20(16-22(2,3)15-19)23-26-13-7-12-24(4)5/h8-11,14,16,23H,1,7,12-13,15H2,2-6H3. The summed E-state index contributed by atoms with van der Waals surface area (Å²) >= 11 is 0. The summed E-state index contributed by atoms with van der Waals surface area (Å²) < 4.78 is 5.24. The van der Waals surface area contributed by atoms with Crippen LogP contribution in [0.4, 0.5) is 0 Å². The molecule has 1 N–H and O–H groups in total. The molecule has 0 spiro atoms. The average Bonchev–Trinajstić information content (AvgIpc) is 2.59. The van der Waals surface area contributed by atoms with Gasteiger partial charge in [-0.3, -0.25) is 10.3 Å². The molecule has 0 heterocycles. The van der Waals surface area contributed by atoms with E-state index in [-0.39, 0.29) is 5.41 Å². The molecule has 0 radical (unpaired) electrons. The molecule has 142 valence electrons. The lowest BCUT2D eigenvalue weighted by atomic mass is 9.78. The van der Waals surface area contributed by atoms with E-state index in [1.165, 1.54) is 5.57 Å². The number of hydrogen-bond donors (Lipinski definition) is 1. The Morgan fingerprint density at radius 2 is 1.92 bits per heavy atom. The molecule has 0 fully saturated rings. The third-order valence-corrected chi connectivity index (χ3v) is 4.39. The Hall–Kier alpha value is -2.04. The first-order chi connectivity index (χ1) is 12.3. The van der Waals surface area contributed by atoms with Gasteiger partial charge in [-0.1, -0.05) is 38.6 Å². The van der Waals surface area contributed by atoms with Crippen LogP contribution in [0.15, 0.2) is 54.3 Å². The van der Waals surface area contributed by atoms with Crippen LogP contribution >= 0.6 is 0 Å². The maximum Gasteiger partial charge on any atom is 0.118 e. The Kier molecular flexibility index (Phi) is 7.06. The van der Waals surface area contributed by atoms with Crippen LogP contribution < -0.4 is 10.2 Å². The van der Waals surface area contributed by atoms with Crippen molar-refractivity contribution in [2.24, 2.45) is 5.41 Å². The zero-order valence-corrected chi connectivity index (χ0v) is 16.8. The molecule has 0 aliphatic heterocycles. The molecule has 0 aromatic heterocycles. The van der Waals surface area contributed by atoms with Gasteiger partial charge >= 0.3 is 0 Å².